The van der Waals surface area contributed by atoms with Crippen LogP contribution < -0.4 is 51.3 Å². The Balaban J connectivity index is 1.00. The molecule has 14 aromatic rings. The van der Waals surface area contributed by atoms with E-state index in [4.69, 9.17) is 0 Å². The van der Waals surface area contributed by atoms with Gasteiger partial charge in [-0.1, -0.05) is 258 Å². The molecule has 0 radical (unpaired) electrons. The van der Waals surface area contributed by atoms with Crippen LogP contribution in [-0.2, 0) is 0 Å². The van der Waals surface area contributed by atoms with Gasteiger partial charge in [0.15, 0.2) is 16.1 Å². The Kier molecular flexibility index (Phi) is 15.2. The van der Waals surface area contributed by atoms with E-state index >= 15 is 0 Å². The second-order valence-corrected chi connectivity index (χ2v) is 31.7. The molecule has 0 atom stereocenters. The molecule has 4 nitrogen and oxygen atoms in total. The zero-order valence-corrected chi connectivity index (χ0v) is 53.0. The van der Waals surface area contributed by atoms with Crippen molar-refractivity contribution < 1.29 is 0 Å². The molecule has 430 valence electrons. The van der Waals surface area contributed by atoms with Gasteiger partial charge in [0.25, 0.3) is 0 Å². The predicted octanol–water partition coefficient (Wildman–Crippen LogP) is 16.3. The molecule has 0 fully saturated rings. The van der Waals surface area contributed by atoms with Gasteiger partial charge in [-0.25, -0.2) is 0 Å². The quantitative estimate of drug-likeness (QED) is 0.0550. The Labute approximate surface area is 530 Å². The molecule has 0 unspecified atom stereocenters. The van der Waals surface area contributed by atoms with E-state index in [1.165, 1.54) is 74.2 Å². The first-order valence-corrected chi connectivity index (χ1v) is 35.2. The van der Waals surface area contributed by atoms with Gasteiger partial charge in [0.1, 0.15) is 0 Å². The van der Waals surface area contributed by atoms with Gasteiger partial charge in [-0.2, -0.15) is 10.5 Å². The third-order valence-corrected chi connectivity index (χ3v) is 28.1. The lowest BCUT2D eigenvalue weighted by Crippen LogP contribution is -2.74. The Hall–Kier alpha value is -10.9. The predicted molar refractivity (Wildman–Crippen MR) is 384 cm³/mol. The molecule has 0 bridgehead atoms. The van der Waals surface area contributed by atoms with Crippen molar-refractivity contribution in [3.63, 3.8) is 0 Å². The number of hydrogen-bond donors (Lipinski definition) is 0. The molecule has 0 saturated carbocycles. The van der Waals surface area contributed by atoms with Crippen molar-refractivity contribution in [3.8, 4) is 12.1 Å². The van der Waals surface area contributed by atoms with Gasteiger partial charge < -0.3 is 9.80 Å². The number of anilines is 6. The molecule has 14 rings (SSSR count). The van der Waals surface area contributed by atoms with E-state index in [0.717, 1.165) is 44.9 Å². The largest absolute Gasteiger partial charge is 0.310 e. The average molecular weight is 1190 g/mol. The minimum atomic E-state index is -2.85. The molecule has 0 aliphatic rings. The van der Waals surface area contributed by atoms with Crippen LogP contribution in [0.15, 0.2) is 315 Å². The monoisotopic (exact) mass is 1190 g/mol. The van der Waals surface area contributed by atoms with Gasteiger partial charge in [0.05, 0.1) is 34.6 Å². The highest BCUT2D eigenvalue weighted by Gasteiger charge is 2.43. The smallest absolute Gasteiger partial charge is 0.179 e. The summed E-state index contributed by atoms with van der Waals surface area (Å²) in [6.07, 6.45) is 0. The summed E-state index contributed by atoms with van der Waals surface area (Å²) in [6, 6.07) is 121. The number of nitrogens with zero attached hydrogens (tertiary/aromatic N) is 4. The molecule has 14 aromatic carbocycles. The third kappa shape index (κ3) is 9.66. The van der Waals surface area contributed by atoms with Gasteiger partial charge in [-0.15, -0.1) is 0 Å². The van der Waals surface area contributed by atoms with E-state index in [1.54, 1.807) is 0 Å². The van der Waals surface area contributed by atoms with Crippen LogP contribution in [0.3, 0.4) is 0 Å². The molecule has 0 N–H and O–H groups in total. The van der Waals surface area contributed by atoms with E-state index in [-0.39, 0.29) is 11.8 Å². The molecule has 0 aliphatic heterocycles. The zero-order valence-electron chi connectivity index (χ0n) is 51.0. The highest BCUT2D eigenvalue weighted by molar-refractivity contribution is 7.20. The normalized spacial score (nSPS) is 11.7. The molecular weight excluding hydrogens is 1120 g/mol. The number of benzene rings is 14. The molecule has 6 heteroatoms. The summed E-state index contributed by atoms with van der Waals surface area (Å²) in [5, 5.41) is 38.0. The lowest BCUT2D eigenvalue weighted by Gasteiger charge is -2.35. The first-order valence-electron chi connectivity index (χ1n) is 31.2. The topological polar surface area (TPSA) is 54.1 Å². The summed E-state index contributed by atoms with van der Waals surface area (Å²) in [7, 11) is -5.70. The maximum atomic E-state index is 10.2. The minimum Gasteiger partial charge on any atom is -0.310 e. The standard InChI is InChI=1S/C84H66N4Si2/c1-59(2)79-55-81(87(63-39-35-61(57-85)36-40-63)65-43-47-73(48-44-65)89(67-23-11-5-12-24-67,68-25-13-6-14-26-68)69-27-15-7-16-28-69)77-54-52-76-80(60(3)4)56-82(78-53-51-75(79)83(77)84(76)78)88(64-41-37-62(58-86)38-42-64)66-45-49-74(50-46-66)90(70-29-17-8-18-30-70,71-31-19-9-20-32-71)72-33-21-10-22-34-72/h5-56,59-60H,1-4H3. The van der Waals surface area contributed by atoms with Crippen LogP contribution >= 0.6 is 0 Å². The zero-order chi connectivity index (χ0) is 61.3. The van der Waals surface area contributed by atoms with Crippen LogP contribution in [0.25, 0.3) is 32.3 Å². The van der Waals surface area contributed by atoms with Gasteiger partial charge in [0, 0.05) is 33.5 Å². The van der Waals surface area contributed by atoms with Crippen molar-refractivity contribution in [2.75, 3.05) is 9.80 Å². The van der Waals surface area contributed by atoms with Gasteiger partial charge in [0.2, 0.25) is 0 Å². The molecular formula is C84H66N4Si2. The van der Waals surface area contributed by atoms with Crippen LogP contribution in [0.2, 0.25) is 0 Å². The third-order valence-electron chi connectivity index (χ3n) is 18.5. The molecule has 0 aromatic heterocycles. The molecule has 0 aliphatic carbocycles. The summed E-state index contributed by atoms with van der Waals surface area (Å²) in [5.74, 6) is 0.340. The van der Waals surface area contributed by atoms with Crippen molar-refractivity contribution in [2.45, 2.75) is 39.5 Å². The summed E-state index contributed by atoms with van der Waals surface area (Å²) in [6.45, 7) is 9.24. The first-order chi connectivity index (χ1) is 44.2. The van der Waals surface area contributed by atoms with Crippen molar-refractivity contribution in [2.24, 2.45) is 0 Å². The summed E-state index contributed by atoms with van der Waals surface area (Å²) in [4.78, 5) is 4.83. The van der Waals surface area contributed by atoms with Crippen molar-refractivity contribution in [1.82, 2.24) is 0 Å². The van der Waals surface area contributed by atoms with Gasteiger partial charge in [-0.05, 0) is 171 Å². The molecule has 0 saturated heterocycles. The van der Waals surface area contributed by atoms with Crippen molar-refractivity contribution in [1.29, 1.82) is 10.5 Å². The average Bonchev–Trinajstić information content (AvgIpc) is 0.731. The lowest BCUT2D eigenvalue weighted by molar-refractivity contribution is 0.875. The van der Waals surface area contributed by atoms with Crippen LogP contribution in [0.4, 0.5) is 34.1 Å². The molecule has 90 heavy (non-hydrogen) atoms. The second kappa shape index (κ2) is 24.0. The van der Waals surface area contributed by atoms with Crippen LogP contribution in [0, 0.1) is 22.7 Å². The van der Waals surface area contributed by atoms with Gasteiger partial charge >= 0.3 is 0 Å². The fraction of sp³-hybridized carbons (Fsp3) is 0.0714. The van der Waals surface area contributed by atoms with Crippen LogP contribution in [0.5, 0.6) is 0 Å². The first kappa shape index (κ1) is 56.9. The van der Waals surface area contributed by atoms with E-state index in [1.807, 2.05) is 24.3 Å². The number of rotatable bonds is 16. The maximum Gasteiger partial charge on any atom is 0.179 e. The maximum absolute atomic E-state index is 10.2. The molecule has 0 heterocycles. The summed E-state index contributed by atoms with van der Waals surface area (Å²) < 4.78 is 0. The van der Waals surface area contributed by atoms with Crippen molar-refractivity contribution >= 4 is 124 Å². The lowest BCUT2D eigenvalue weighted by atomic mass is 9.84. The van der Waals surface area contributed by atoms with Gasteiger partial charge in [-0.3, -0.25) is 0 Å². The van der Waals surface area contributed by atoms with E-state index in [9.17, 15) is 10.5 Å². The number of hydrogen-bond acceptors (Lipinski definition) is 4. The highest BCUT2D eigenvalue weighted by Crippen LogP contribution is 2.51. The Morgan fingerprint density at radius 3 is 0.722 bits per heavy atom. The summed E-state index contributed by atoms with van der Waals surface area (Å²) >= 11 is 0. The van der Waals surface area contributed by atoms with Crippen LogP contribution in [-0.4, -0.2) is 16.1 Å². The SMILES string of the molecule is CC(C)c1cc(N(c2ccc(C#N)cc2)c2ccc([Si](c3ccccc3)(c3ccccc3)c3ccccc3)cc2)c2ccc3c(C(C)C)cc(N(c4ccc(C#N)cc4)c4ccc([Si](c5ccccc5)(c5ccccc5)c5ccccc5)cc4)c4ccc1c2c34. The fourth-order valence-corrected chi connectivity index (χ4v) is 23.9. The molecule has 0 amide bonds. The van der Waals surface area contributed by atoms with Crippen LogP contribution in [0.1, 0.15) is 61.8 Å². The van der Waals surface area contributed by atoms with E-state index in [2.05, 4.69) is 341 Å². The van der Waals surface area contributed by atoms with E-state index in [0.29, 0.717) is 11.1 Å². The Morgan fingerprint density at radius 1 is 0.267 bits per heavy atom. The number of nitriles is 2. The van der Waals surface area contributed by atoms with E-state index < -0.39 is 16.1 Å². The second-order valence-electron chi connectivity index (χ2n) is 24.1. The Morgan fingerprint density at radius 2 is 0.489 bits per heavy atom. The van der Waals surface area contributed by atoms with Crippen molar-refractivity contribution in [3.05, 3.63) is 338 Å². The highest BCUT2D eigenvalue weighted by atomic mass is 28.3. The Bertz CT molecular complexity index is 4400. The fourth-order valence-electron chi connectivity index (χ4n) is 14.4. The minimum absolute atomic E-state index is 0.170. The summed E-state index contributed by atoms with van der Waals surface area (Å²) in [5.41, 5.74) is 9.81. The molecule has 0 spiro atoms.